The molecule has 1 N–H and O–H groups in total. The fourth-order valence-electron chi connectivity index (χ4n) is 2.38. The van der Waals surface area contributed by atoms with Crippen molar-refractivity contribution in [2.45, 2.75) is 25.6 Å². The molecule has 110 valence electrons. The number of hydrogen-bond donors (Lipinski definition) is 1. The zero-order chi connectivity index (χ0) is 14.9. The van der Waals surface area contributed by atoms with Crippen molar-refractivity contribution in [1.29, 1.82) is 0 Å². The normalized spacial score (nSPS) is 21.8. The highest BCUT2D eigenvalue weighted by Gasteiger charge is 2.36. The molecule has 1 aromatic rings. The van der Waals surface area contributed by atoms with Crippen molar-refractivity contribution in [2.75, 3.05) is 19.0 Å². The highest BCUT2D eigenvalue weighted by molar-refractivity contribution is 14.1. The molecule has 2 rings (SSSR count). The number of carbonyl (C=O) groups is 1. The largest absolute Gasteiger partial charge is 0.507 e. The minimum Gasteiger partial charge on any atom is -0.507 e. The Bertz CT molecular complexity index is 521. The van der Waals surface area contributed by atoms with E-state index >= 15 is 0 Å². The number of aromatic hydroxyl groups is 1. The number of phenols is 1. The Morgan fingerprint density at radius 1 is 1.60 bits per heavy atom. The average Bonchev–Trinajstić information content (AvgIpc) is 2.38. The predicted octanol–water partition coefficient (Wildman–Crippen LogP) is 2.86. The number of benzene rings is 1. The second-order valence-electron chi connectivity index (χ2n) is 5.50. The fraction of sp³-hybridized carbons (Fsp3) is 0.500. The van der Waals surface area contributed by atoms with Crippen LogP contribution in [0.15, 0.2) is 18.2 Å². The lowest BCUT2D eigenvalue weighted by Gasteiger charge is -2.42. The number of morpholine rings is 1. The number of hydrogen-bond acceptors (Lipinski definition) is 3. The maximum atomic E-state index is 12.6. The monoisotopic (exact) mass is 409 g/mol. The summed E-state index contributed by atoms with van der Waals surface area (Å²) in [7, 11) is 0. The average molecular weight is 410 g/mol. The SMILES string of the molecule is CC1(C)CN(C(=O)c2cc(I)ccc2O)CC(CCl)O1. The van der Waals surface area contributed by atoms with Gasteiger partial charge in [0.25, 0.3) is 5.91 Å². The molecule has 1 aliphatic heterocycles. The van der Waals surface area contributed by atoms with Gasteiger partial charge in [-0.15, -0.1) is 11.6 Å². The molecule has 0 saturated carbocycles. The standard InChI is InChI=1S/C14H17ClINO3/c1-14(2)8-17(7-10(6-15)20-14)13(19)11-5-9(16)3-4-12(11)18/h3-5,10,18H,6-8H2,1-2H3. The third-order valence-corrected chi connectivity index (χ3v) is 4.14. The summed E-state index contributed by atoms with van der Waals surface area (Å²) in [6.07, 6.45) is -0.186. The van der Waals surface area contributed by atoms with Crippen molar-refractivity contribution < 1.29 is 14.6 Å². The van der Waals surface area contributed by atoms with Crippen LogP contribution >= 0.6 is 34.2 Å². The highest BCUT2D eigenvalue weighted by atomic mass is 127. The van der Waals surface area contributed by atoms with Gasteiger partial charge in [0.2, 0.25) is 0 Å². The van der Waals surface area contributed by atoms with Gasteiger partial charge in [-0.1, -0.05) is 0 Å². The van der Waals surface area contributed by atoms with Crippen molar-refractivity contribution in [3.63, 3.8) is 0 Å². The van der Waals surface area contributed by atoms with Crippen LogP contribution in [0.3, 0.4) is 0 Å². The van der Waals surface area contributed by atoms with E-state index in [0.717, 1.165) is 3.57 Å². The Kier molecular flexibility index (Phi) is 4.81. The van der Waals surface area contributed by atoms with Crippen molar-refractivity contribution in [1.82, 2.24) is 4.90 Å². The smallest absolute Gasteiger partial charge is 0.257 e. The third kappa shape index (κ3) is 3.56. The maximum Gasteiger partial charge on any atom is 0.257 e. The topological polar surface area (TPSA) is 49.8 Å². The first kappa shape index (κ1) is 15.9. The van der Waals surface area contributed by atoms with Gasteiger partial charge in [-0.3, -0.25) is 4.79 Å². The number of amides is 1. The van der Waals surface area contributed by atoms with Gasteiger partial charge in [0.15, 0.2) is 0 Å². The molecule has 0 aromatic heterocycles. The Morgan fingerprint density at radius 2 is 2.30 bits per heavy atom. The van der Waals surface area contributed by atoms with E-state index in [9.17, 15) is 9.90 Å². The number of halogens is 2. The van der Waals surface area contributed by atoms with Crippen LogP contribution in [0.2, 0.25) is 0 Å². The lowest BCUT2D eigenvalue weighted by Crippen LogP contribution is -2.55. The number of phenolic OH excluding ortho intramolecular Hbond substituents is 1. The first-order chi connectivity index (χ1) is 9.32. The lowest BCUT2D eigenvalue weighted by molar-refractivity contribution is -0.117. The van der Waals surface area contributed by atoms with Crippen molar-refractivity contribution in [3.05, 3.63) is 27.3 Å². The number of ether oxygens (including phenoxy) is 1. The van der Waals surface area contributed by atoms with Crippen LogP contribution in [0.4, 0.5) is 0 Å². The van der Waals surface area contributed by atoms with Crippen LogP contribution in [0.1, 0.15) is 24.2 Å². The van der Waals surface area contributed by atoms with Gasteiger partial charge >= 0.3 is 0 Å². The van der Waals surface area contributed by atoms with Gasteiger partial charge in [0.05, 0.1) is 23.1 Å². The molecule has 1 unspecified atom stereocenters. The first-order valence-electron chi connectivity index (χ1n) is 6.34. The second-order valence-corrected chi connectivity index (χ2v) is 7.06. The number of nitrogens with zero attached hydrogens (tertiary/aromatic N) is 1. The quantitative estimate of drug-likeness (QED) is 0.604. The summed E-state index contributed by atoms with van der Waals surface area (Å²) < 4.78 is 6.71. The van der Waals surface area contributed by atoms with E-state index in [1.54, 1.807) is 23.1 Å². The summed E-state index contributed by atoms with van der Waals surface area (Å²) in [6, 6.07) is 4.99. The summed E-state index contributed by atoms with van der Waals surface area (Å²) in [4.78, 5) is 14.3. The molecule has 1 heterocycles. The Morgan fingerprint density at radius 3 is 2.95 bits per heavy atom. The van der Waals surface area contributed by atoms with Gasteiger partial charge in [-0.05, 0) is 54.6 Å². The number of carbonyl (C=O) groups excluding carboxylic acids is 1. The summed E-state index contributed by atoms with van der Waals surface area (Å²) in [5.41, 5.74) is -0.117. The van der Waals surface area contributed by atoms with Crippen LogP contribution in [0.25, 0.3) is 0 Å². The molecular formula is C14H17ClINO3. The van der Waals surface area contributed by atoms with Gasteiger partial charge in [-0.25, -0.2) is 0 Å². The zero-order valence-corrected chi connectivity index (χ0v) is 14.3. The molecule has 1 atom stereocenters. The summed E-state index contributed by atoms with van der Waals surface area (Å²) >= 11 is 7.98. The Labute approximate surface area is 137 Å². The van der Waals surface area contributed by atoms with Gasteiger partial charge < -0.3 is 14.7 Å². The molecule has 1 saturated heterocycles. The van der Waals surface area contributed by atoms with Gasteiger partial charge in [-0.2, -0.15) is 0 Å². The molecule has 0 aliphatic carbocycles. The third-order valence-electron chi connectivity index (χ3n) is 3.13. The van der Waals surface area contributed by atoms with E-state index in [1.807, 2.05) is 13.8 Å². The summed E-state index contributed by atoms with van der Waals surface area (Å²) in [5.74, 6) is 0.153. The van der Waals surface area contributed by atoms with Crippen molar-refractivity contribution in [3.8, 4) is 5.75 Å². The Balaban J connectivity index is 2.25. The molecule has 0 radical (unpaired) electrons. The van der Waals surface area contributed by atoms with Crippen LogP contribution in [0, 0.1) is 3.57 Å². The predicted molar refractivity (Wildman–Crippen MR) is 86.4 cm³/mol. The Hall–Kier alpha value is -0.530. The van der Waals surface area contributed by atoms with E-state index in [4.69, 9.17) is 16.3 Å². The van der Waals surface area contributed by atoms with Crippen LogP contribution < -0.4 is 0 Å². The molecule has 1 fully saturated rings. The van der Waals surface area contributed by atoms with Gasteiger partial charge in [0.1, 0.15) is 5.75 Å². The minimum absolute atomic E-state index is 0.00198. The molecule has 1 amide bonds. The van der Waals surface area contributed by atoms with E-state index in [-0.39, 0.29) is 17.8 Å². The van der Waals surface area contributed by atoms with E-state index < -0.39 is 5.60 Å². The van der Waals surface area contributed by atoms with Crippen LogP contribution in [-0.2, 0) is 4.74 Å². The summed E-state index contributed by atoms with van der Waals surface area (Å²) in [5, 5.41) is 9.88. The zero-order valence-electron chi connectivity index (χ0n) is 11.4. The van der Waals surface area contributed by atoms with Crippen LogP contribution in [-0.4, -0.2) is 46.6 Å². The summed E-state index contributed by atoms with van der Waals surface area (Å²) in [6.45, 7) is 4.78. The maximum absolute atomic E-state index is 12.6. The molecule has 20 heavy (non-hydrogen) atoms. The molecular weight excluding hydrogens is 393 g/mol. The molecule has 0 bridgehead atoms. The van der Waals surface area contributed by atoms with E-state index in [1.165, 1.54) is 0 Å². The number of rotatable bonds is 2. The molecule has 0 spiro atoms. The molecule has 4 nitrogen and oxygen atoms in total. The minimum atomic E-state index is -0.439. The van der Waals surface area contributed by atoms with Crippen molar-refractivity contribution >= 4 is 40.1 Å². The highest BCUT2D eigenvalue weighted by Crippen LogP contribution is 2.26. The molecule has 1 aliphatic rings. The van der Waals surface area contributed by atoms with E-state index in [2.05, 4.69) is 22.6 Å². The van der Waals surface area contributed by atoms with Gasteiger partial charge in [0, 0.05) is 16.7 Å². The molecule has 1 aromatic carbocycles. The van der Waals surface area contributed by atoms with E-state index in [0.29, 0.717) is 24.5 Å². The lowest BCUT2D eigenvalue weighted by atomic mass is 10.0. The van der Waals surface area contributed by atoms with Crippen molar-refractivity contribution in [2.24, 2.45) is 0 Å². The van der Waals surface area contributed by atoms with Crippen LogP contribution in [0.5, 0.6) is 5.75 Å². The fourth-order valence-corrected chi connectivity index (χ4v) is 3.03. The molecule has 6 heteroatoms. The second kappa shape index (κ2) is 6.07. The number of alkyl halides is 1. The first-order valence-corrected chi connectivity index (χ1v) is 7.95.